The first-order chi connectivity index (χ1) is 12.9. The molecule has 0 bridgehead atoms. The lowest BCUT2D eigenvalue weighted by molar-refractivity contribution is -0.345. The maximum atomic E-state index is 10.6. The van der Waals surface area contributed by atoms with Crippen molar-refractivity contribution >= 4 is 11.6 Å². The van der Waals surface area contributed by atoms with Crippen LogP contribution < -0.4 is 0 Å². The molecule has 0 aromatic heterocycles. The Morgan fingerprint density at radius 2 is 1.89 bits per heavy atom. The number of benzene rings is 2. The molecule has 1 spiro atoms. The molecule has 3 N–H and O–H groups in total. The van der Waals surface area contributed by atoms with Crippen LogP contribution in [0.4, 0.5) is 0 Å². The summed E-state index contributed by atoms with van der Waals surface area (Å²) in [6.45, 7) is 1.95. The van der Waals surface area contributed by atoms with Crippen LogP contribution in [0, 0.1) is 6.92 Å². The first-order valence-corrected chi connectivity index (χ1v) is 9.47. The van der Waals surface area contributed by atoms with Crippen LogP contribution in [-0.2, 0) is 28.3 Å². The van der Waals surface area contributed by atoms with Gasteiger partial charge in [0, 0.05) is 17.0 Å². The van der Waals surface area contributed by atoms with Gasteiger partial charge in [0.25, 0.3) is 0 Å². The van der Waals surface area contributed by atoms with Crippen molar-refractivity contribution < 1.29 is 24.8 Å². The summed E-state index contributed by atoms with van der Waals surface area (Å²) in [5, 5.41) is 30.8. The molecule has 144 valence electrons. The number of hydrogen-bond acceptors (Lipinski definition) is 5. The van der Waals surface area contributed by atoms with Gasteiger partial charge in [-0.25, -0.2) is 0 Å². The van der Waals surface area contributed by atoms with Gasteiger partial charge in [0.1, 0.15) is 12.2 Å². The van der Waals surface area contributed by atoms with E-state index in [0.717, 1.165) is 16.7 Å². The van der Waals surface area contributed by atoms with E-state index < -0.39 is 24.1 Å². The van der Waals surface area contributed by atoms with Crippen LogP contribution in [0.15, 0.2) is 36.4 Å². The van der Waals surface area contributed by atoms with Crippen molar-refractivity contribution in [3.63, 3.8) is 0 Å². The predicted octanol–water partition coefficient (Wildman–Crippen LogP) is 2.43. The van der Waals surface area contributed by atoms with Gasteiger partial charge in [-0.2, -0.15) is 0 Å². The molecule has 4 atom stereocenters. The molecule has 5 nitrogen and oxygen atoms in total. The maximum Gasteiger partial charge on any atom is 0.223 e. The van der Waals surface area contributed by atoms with Crippen molar-refractivity contribution in [2.45, 2.75) is 50.5 Å². The van der Waals surface area contributed by atoms with Gasteiger partial charge in [0.2, 0.25) is 5.79 Å². The van der Waals surface area contributed by atoms with Crippen LogP contribution in [0.5, 0.6) is 0 Å². The molecule has 27 heavy (non-hydrogen) atoms. The molecule has 0 saturated carbocycles. The monoisotopic (exact) mass is 390 g/mol. The van der Waals surface area contributed by atoms with Gasteiger partial charge in [-0.1, -0.05) is 47.5 Å². The molecule has 4 unspecified atom stereocenters. The van der Waals surface area contributed by atoms with Gasteiger partial charge >= 0.3 is 0 Å². The Morgan fingerprint density at radius 1 is 1.15 bits per heavy atom. The van der Waals surface area contributed by atoms with E-state index in [1.807, 2.05) is 6.92 Å². The summed E-state index contributed by atoms with van der Waals surface area (Å²) < 4.78 is 11.8. The first-order valence-electron chi connectivity index (χ1n) is 9.09. The summed E-state index contributed by atoms with van der Waals surface area (Å²) in [5.41, 5.74) is 4.88. The van der Waals surface area contributed by atoms with E-state index in [2.05, 4.69) is 24.3 Å². The lowest BCUT2D eigenvalue weighted by atomic mass is 9.87. The molecule has 2 aromatic carbocycles. The number of hydrogen-bond donors (Lipinski definition) is 3. The summed E-state index contributed by atoms with van der Waals surface area (Å²) in [5.74, 6) is -1.38. The molecule has 1 saturated heterocycles. The number of halogens is 1. The maximum absolute atomic E-state index is 10.6. The minimum absolute atomic E-state index is 0.0700. The Morgan fingerprint density at radius 3 is 2.59 bits per heavy atom. The topological polar surface area (TPSA) is 79.2 Å². The van der Waals surface area contributed by atoms with Gasteiger partial charge in [0.15, 0.2) is 0 Å². The van der Waals surface area contributed by atoms with E-state index >= 15 is 0 Å². The summed E-state index contributed by atoms with van der Waals surface area (Å²) in [4.78, 5) is 0. The zero-order chi connectivity index (χ0) is 19.2. The second-order valence-corrected chi connectivity index (χ2v) is 7.74. The van der Waals surface area contributed by atoms with Crippen LogP contribution in [0.25, 0.3) is 0 Å². The molecule has 2 aromatic rings. The number of fused-ring (bicyclic) bond motifs is 2. The van der Waals surface area contributed by atoms with Crippen molar-refractivity contribution in [3.05, 3.63) is 69.2 Å². The van der Waals surface area contributed by atoms with Crippen molar-refractivity contribution in [3.8, 4) is 0 Å². The Balaban J connectivity index is 1.73. The normalized spacial score (nSPS) is 29.9. The first kappa shape index (κ1) is 18.9. The highest BCUT2D eigenvalue weighted by molar-refractivity contribution is 6.31. The zero-order valence-corrected chi connectivity index (χ0v) is 15.8. The largest absolute Gasteiger partial charge is 0.394 e. The third-order valence-corrected chi connectivity index (χ3v) is 5.87. The highest BCUT2D eigenvalue weighted by atomic mass is 35.5. The second-order valence-electron chi connectivity index (χ2n) is 7.33. The van der Waals surface area contributed by atoms with Gasteiger partial charge < -0.3 is 24.8 Å². The third-order valence-electron chi connectivity index (χ3n) is 5.52. The highest BCUT2D eigenvalue weighted by Gasteiger charge is 2.54. The van der Waals surface area contributed by atoms with Crippen molar-refractivity contribution in [1.29, 1.82) is 0 Å². The molecule has 4 rings (SSSR count). The van der Waals surface area contributed by atoms with Crippen LogP contribution in [-0.4, -0.2) is 40.2 Å². The molecular formula is C21H23ClO5. The number of rotatable bonds is 3. The summed E-state index contributed by atoms with van der Waals surface area (Å²) >= 11 is 6.49. The predicted molar refractivity (Wildman–Crippen MR) is 100 cm³/mol. The molecule has 6 heteroatoms. The zero-order valence-electron chi connectivity index (χ0n) is 15.1. The van der Waals surface area contributed by atoms with Crippen LogP contribution >= 0.6 is 11.6 Å². The van der Waals surface area contributed by atoms with E-state index in [4.69, 9.17) is 21.1 Å². The summed E-state index contributed by atoms with van der Waals surface area (Å²) in [6, 6.07) is 11.9. The Labute approximate surface area is 163 Å². The standard InChI is InChI=1S/C21H23ClO5/c1-12-2-4-13(5-3-12)8-14-15-11-26-21(16(15)6-7-17(14)22)20(25)9-18(24)19(10-23)27-21/h2-7,18-20,23-25H,8-11H2,1H3. The minimum Gasteiger partial charge on any atom is -0.394 e. The van der Waals surface area contributed by atoms with E-state index in [1.54, 1.807) is 12.1 Å². The molecule has 2 heterocycles. The van der Waals surface area contributed by atoms with E-state index in [-0.39, 0.29) is 19.6 Å². The van der Waals surface area contributed by atoms with Crippen LogP contribution in [0.2, 0.25) is 5.02 Å². The van der Waals surface area contributed by atoms with Crippen molar-refractivity contribution in [2.24, 2.45) is 0 Å². The smallest absolute Gasteiger partial charge is 0.223 e. The van der Waals surface area contributed by atoms with Gasteiger partial charge in [-0.05, 0) is 36.1 Å². The Bertz CT molecular complexity index is 837. The van der Waals surface area contributed by atoms with Gasteiger partial charge in [-0.15, -0.1) is 0 Å². The average molecular weight is 391 g/mol. The SMILES string of the molecule is Cc1ccc(Cc2c(Cl)ccc3c2COC32OC(CO)C(O)CC2O)cc1. The number of ether oxygens (including phenoxy) is 2. The number of aliphatic hydroxyl groups is 3. The molecule has 2 aliphatic rings. The number of aliphatic hydroxyl groups excluding tert-OH is 3. The molecule has 1 fully saturated rings. The molecule has 0 radical (unpaired) electrons. The molecule has 2 aliphatic heterocycles. The van der Waals surface area contributed by atoms with E-state index in [0.29, 0.717) is 17.0 Å². The Hall–Kier alpha value is -1.47. The molecule has 0 aliphatic carbocycles. The van der Waals surface area contributed by atoms with Gasteiger partial charge in [0.05, 0.1) is 19.3 Å². The van der Waals surface area contributed by atoms with E-state index in [1.165, 1.54) is 5.56 Å². The lowest BCUT2D eigenvalue weighted by Gasteiger charge is -2.43. The third kappa shape index (κ3) is 3.18. The second kappa shape index (κ2) is 7.17. The minimum atomic E-state index is -1.38. The lowest BCUT2D eigenvalue weighted by Crippen LogP contribution is -2.55. The van der Waals surface area contributed by atoms with Crippen LogP contribution in [0.3, 0.4) is 0 Å². The fourth-order valence-electron chi connectivity index (χ4n) is 3.96. The van der Waals surface area contributed by atoms with E-state index in [9.17, 15) is 15.3 Å². The van der Waals surface area contributed by atoms with Crippen LogP contribution in [0.1, 0.15) is 34.2 Å². The van der Waals surface area contributed by atoms with Crippen molar-refractivity contribution in [1.82, 2.24) is 0 Å². The summed E-state index contributed by atoms with van der Waals surface area (Å²) in [6.07, 6.45) is -2.08. The van der Waals surface area contributed by atoms with Gasteiger partial charge in [-0.3, -0.25) is 0 Å². The highest BCUT2D eigenvalue weighted by Crippen LogP contribution is 2.47. The fraction of sp³-hybridized carbons (Fsp3) is 0.429. The summed E-state index contributed by atoms with van der Waals surface area (Å²) in [7, 11) is 0. The quantitative estimate of drug-likeness (QED) is 0.750. The average Bonchev–Trinajstić information content (AvgIpc) is 3.02. The Kier molecular flexibility index (Phi) is 5.01. The molecule has 0 amide bonds. The molecular weight excluding hydrogens is 368 g/mol. The number of aryl methyl sites for hydroxylation is 1. The van der Waals surface area contributed by atoms with Crippen molar-refractivity contribution in [2.75, 3.05) is 6.61 Å². The fourth-order valence-corrected chi connectivity index (χ4v) is 4.21.